The van der Waals surface area contributed by atoms with Crippen LogP contribution in [0.3, 0.4) is 0 Å². The summed E-state index contributed by atoms with van der Waals surface area (Å²) < 4.78 is 6.58. The summed E-state index contributed by atoms with van der Waals surface area (Å²) in [4.78, 5) is 1.31. The first-order chi connectivity index (χ1) is 7.80. The first-order valence-electron chi connectivity index (χ1n) is 5.58. The van der Waals surface area contributed by atoms with Crippen molar-refractivity contribution >= 4 is 21.4 Å². The summed E-state index contributed by atoms with van der Waals surface area (Å²) in [6.07, 6.45) is 2.25. The molecular weight excluding hydrogens is 218 g/mol. The molecule has 0 radical (unpaired) electrons. The second kappa shape index (κ2) is 4.85. The summed E-state index contributed by atoms with van der Waals surface area (Å²) in [6, 6.07) is 6.25. The van der Waals surface area contributed by atoms with Gasteiger partial charge in [0.15, 0.2) is 0 Å². The molecule has 2 N–H and O–H groups in total. The van der Waals surface area contributed by atoms with Gasteiger partial charge in [0.25, 0.3) is 0 Å². The molecule has 1 aromatic heterocycles. The van der Waals surface area contributed by atoms with Crippen LogP contribution in [0.15, 0.2) is 18.2 Å². The molecule has 2 aromatic rings. The minimum atomic E-state index is 0.636. The fraction of sp³-hybridized carbons (Fsp3) is 0.385. The van der Waals surface area contributed by atoms with Crippen molar-refractivity contribution in [1.29, 1.82) is 0 Å². The fourth-order valence-corrected chi connectivity index (χ4v) is 3.11. The molecular formula is C13H17NOS. The quantitative estimate of drug-likeness (QED) is 0.882. The van der Waals surface area contributed by atoms with E-state index in [9.17, 15) is 0 Å². The van der Waals surface area contributed by atoms with Crippen molar-refractivity contribution < 1.29 is 4.74 Å². The molecule has 2 nitrogen and oxygen atoms in total. The zero-order chi connectivity index (χ0) is 11.5. The fourth-order valence-electron chi connectivity index (χ4n) is 1.99. The van der Waals surface area contributed by atoms with Crippen molar-refractivity contribution in [3.63, 3.8) is 0 Å². The maximum atomic E-state index is 5.79. The summed E-state index contributed by atoms with van der Waals surface area (Å²) in [5.74, 6) is 0.922. The number of hydrogen-bond donors (Lipinski definition) is 1. The van der Waals surface area contributed by atoms with Crippen LogP contribution in [0.1, 0.15) is 23.8 Å². The normalized spacial score (nSPS) is 10.9. The molecule has 0 saturated heterocycles. The molecule has 0 amide bonds. The Morgan fingerprint density at radius 1 is 1.38 bits per heavy atom. The predicted molar refractivity (Wildman–Crippen MR) is 70.3 cm³/mol. The Morgan fingerprint density at radius 3 is 2.81 bits per heavy atom. The van der Waals surface area contributed by atoms with E-state index in [1.807, 2.05) is 6.07 Å². The second-order valence-electron chi connectivity index (χ2n) is 3.82. The predicted octanol–water partition coefficient (Wildman–Crippen LogP) is 3.32. The lowest BCUT2D eigenvalue weighted by Gasteiger charge is -2.02. The summed E-state index contributed by atoms with van der Waals surface area (Å²) in [6.45, 7) is 2.83. The van der Waals surface area contributed by atoms with Crippen LogP contribution in [0, 0.1) is 0 Å². The number of nitrogens with two attached hydrogens (primary N) is 1. The number of thiophene rings is 1. The molecule has 16 heavy (non-hydrogen) atoms. The number of benzene rings is 1. The van der Waals surface area contributed by atoms with E-state index < -0.39 is 0 Å². The maximum absolute atomic E-state index is 5.79. The summed E-state index contributed by atoms with van der Waals surface area (Å²) in [5, 5.41) is 1.31. The Bertz CT molecular complexity index is 490. The van der Waals surface area contributed by atoms with E-state index in [-0.39, 0.29) is 0 Å². The third-order valence-corrected chi connectivity index (χ3v) is 4.00. The number of hydrogen-bond acceptors (Lipinski definition) is 3. The van der Waals surface area contributed by atoms with Gasteiger partial charge >= 0.3 is 0 Å². The van der Waals surface area contributed by atoms with E-state index in [4.69, 9.17) is 10.5 Å². The minimum Gasteiger partial charge on any atom is -0.497 e. The van der Waals surface area contributed by atoms with E-state index >= 15 is 0 Å². The zero-order valence-corrected chi connectivity index (χ0v) is 10.6. The number of rotatable bonds is 4. The molecule has 3 heteroatoms. The van der Waals surface area contributed by atoms with Crippen LogP contribution in [0.5, 0.6) is 5.75 Å². The van der Waals surface area contributed by atoms with E-state index in [1.165, 1.54) is 20.5 Å². The first kappa shape index (κ1) is 11.4. The van der Waals surface area contributed by atoms with Gasteiger partial charge in [0, 0.05) is 16.1 Å². The van der Waals surface area contributed by atoms with Gasteiger partial charge in [-0.1, -0.05) is 13.3 Å². The highest BCUT2D eigenvalue weighted by atomic mass is 32.1. The Balaban J connectivity index is 2.60. The highest BCUT2D eigenvalue weighted by Crippen LogP contribution is 2.34. The second-order valence-corrected chi connectivity index (χ2v) is 4.96. The van der Waals surface area contributed by atoms with Gasteiger partial charge in [-0.05, 0) is 35.6 Å². The molecule has 0 fully saturated rings. The molecule has 0 bridgehead atoms. The Morgan fingerprint density at radius 2 is 2.19 bits per heavy atom. The molecule has 0 unspecified atom stereocenters. The van der Waals surface area contributed by atoms with Gasteiger partial charge < -0.3 is 10.5 Å². The van der Waals surface area contributed by atoms with Gasteiger partial charge in [0.1, 0.15) is 5.75 Å². The van der Waals surface area contributed by atoms with Crippen LogP contribution in [-0.2, 0) is 13.0 Å². The molecule has 0 saturated carbocycles. The van der Waals surface area contributed by atoms with Crippen molar-refractivity contribution in [3.05, 3.63) is 28.6 Å². The topological polar surface area (TPSA) is 35.2 Å². The van der Waals surface area contributed by atoms with Gasteiger partial charge in [-0.2, -0.15) is 0 Å². The lowest BCUT2D eigenvalue weighted by atomic mass is 10.1. The van der Waals surface area contributed by atoms with Crippen LogP contribution in [0.2, 0.25) is 0 Å². The Labute approximate surface area is 100 Å². The summed E-state index contributed by atoms with van der Waals surface area (Å²) >= 11 is 1.80. The van der Waals surface area contributed by atoms with Crippen LogP contribution >= 0.6 is 11.3 Å². The highest BCUT2D eigenvalue weighted by molar-refractivity contribution is 7.19. The molecule has 1 heterocycles. The largest absolute Gasteiger partial charge is 0.497 e. The van der Waals surface area contributed by atoms with Crippen LogP contribution < -0.4 is 10.5 Å². The highest BCUT2D eigenvalue weighted by Gasteiger charge is 2.10. The molecule has 2 rings (SSSR count). The number of ether oxygens (including phenoxy) is 1. The average molecular weight is 235 g/mol. The minimum absolute atomic E-state index is 0.636. The summed E-state index contributed by atoms with van der Waals surface area (Å²) in [5.41, 5.74) is 7.20. The van der Waals surface area contributed by atoms with Gasteiger partial charge in [-0.25, -0.2) is 0 Å². The number of aryl methyl sites for hydroxylation is 1. The van der Waals surface area contributed by atoms with E-state index in [0.29, 0.717) is 6.54 Å². The molecule has 1 aromatic carbocycles. The van der Waals surface area contributed by atoms with Crippen LogP contribution in [-0.4, -0.2) is 7.11 Å². The maximum Gasteiger partial charge on any atom is 0.119 e. The molecule has 0 spiro atoms. The number of fused-ring (bicyclic) bond motifs is 1. The summed E-state index contributed by atoms with van der Waals surface area (Å²) in [7, 11) is 1.71. The monoisotopic (exact) mass is 235 g/mol. The standard InChI is InChI=1S/C13H17NOS/c1-3-4-10-11-7-9(15-2)5-6-12(11)16-13(10)8-14/h5-7H,3-4,8,14H2,1-2H3. The van der Waals surface area contributed by atoms with E-state index in [1.54, 1.807) is 18.4 Å². The lowest BCUT2D eigenvalue weighted by Crippen LogP contribution is -1.97. The van der Waals surface area contributed by atoms with Crippen molar-refractivity contribution in [2.45, 2.75) is 26.3 Å². The van der Waals surface area contributed by atoms with Crippen LogP contribution in [0.25, 0.3) is 10.1 Å². The average Bonchev–Trinajstić information content (AvgIpc) is 2.67. The van der Waals surface area contributed by atoms with Gasteiger partial charge in [-0.3, -0.25) is 0 Å². The molecule has 0 aliphatic carbocycles. The molecule has 0 atom stereocenters. The Kier molecular flexibility index (Phi) is 3.46. The van der Waals surface area contributed by atoms with E-state index in [2.05, 4.69) is 19.1 Å². The molecule has 86 valence electrons. The number of methoxy groups -OCH3 is 1. The molecule has 0 aliphatic rings. The van der Waals surface area contributed by atoms with Crippen molar-refractivity contribution in [3.8, 4) is 5.75 Å². The van der Waals surface area contributed by atoms with Crippen molar-refractivity contribution in [1.82, 2.24) is 0 Å². The van der Waals surface area contributed by atoms with Crippen molar-refractivity contribution in [2.75, 3.05) is 7.11 Å². The van der Waals surface area contributed by atoms with Gasteiger partial charge in [0.05, 0.1) is 7.11 Å². The third kappa shape index (κ3) is 1.93. The van der Waals surface area contributed by atoms with Gasteiger partial charge in [0.2, 0.25) is 0 Å². The Hall–Kier alpha value is -1.06. The van der Waals surface area contributed by atoms with E-state index in [0.717, 1.165) is 18.6 Å². The zero-order valence-electron chi connectivity index (χ0n) is 9.75. The third-order valence-electron chi connectivity index (χ3n) is 2.77. The van der Waals surface area contributed by atoms with Crippen LogP contribution in [0.4, 0.5) is 0 Å². The van der Waals surface area contributed by atoms with Crippen molar-refractivity contribution in [2.24, 2.45) is 5.73 Å². The lowest BCUT2D eigenvalue weighted by molar-refractivity contribution is 0.415. The smallest absolute Gasteiger partial charge is 0.119 e. The van der Waals surface area contributed by atoms with Gasteiger partial charge in [-0.15, -0.1) is 11.3 Å². The molecule has 0 aliphatic heterocycles. The first-order valence-corrected chi connectivity index (χ1v) is 6.40. The SMILES string of the molecule is CCCc1c(CN)sc2ccc(OC)cc12.